The number of para-hydroxylation sites is 1. The molecule has 2 aromatic carbocycles. The minimum atomic E-state index is -0.104. The summed E-state index contributed by atoms with van der Waals surface area (Å²) >= 11 is 3.01. The molecule has 2 N–H and O–H groups in total. The van der Waals surface area contributed by atoms with E-state index >= 15 is 0 Å². The number of carbonyl (C=O) groups is 1. The second-order valence-electron chi connectivity index (χ2n) is 6.46. The Hall–Kier alpha value is -2.64. The summed E-state index contributed by atoms with van der Waals surface area (Å²) in [6.45, 7) is 3.93. The fraction of sp³-hybridized carbons (Fsp3) is 0.190. The number of aromatic amines is 1. The Balaban J connectivity index is 1.48. The number of rotatable bonds is 5. The Morgan fingerprint density at radius 3 is 2.86 bits per heavy atom. The largest absolute Gasteiger partial charge is 0.325 e. The number of carbonyl (C=O) groups excluding carboxylic acids is 1. The van der Waals surface area contributed by atoms with Gasteiger partial charge in [-0.1, -0.05) is 36.9 Å². The number of nitrogens with zero attached hydrogens (tertiary/aromatic N) is 1. The normalized spacial score (nSPS) is 11.2. The van der Waals surface area contributed by atoms with Crippen LogP contribution in [0.3, 0.4) is 0 Å². The smallest absolute Gasteiger partial charge is 0.251 e. The number of amides is 1. The molecule has 0 aliphatic rings. The third-order valence-corrected chi connectivity index (χ3v) is 6.82. The lowest BCUT2D eigenvalue weighted by atomic mass is 10.0. The first-order valence-corrected chi connectivity index (χ1v) is 10.8. The monoisotopic (exact) mass is 409 g/mol. The van der Waals surface area contributed by atoms with Gasteiger partial charge in [0.25, 0.3) is 5.56 Å². The molecule has 0 fully saturated rings. The van der Waals surface area contributed by atoms with Gasteiger partial charge in [-0.3, -0.25) is 9.59 Å². The van der Waals surface area contributed by atoms with Crippen LogP contribution in [0.5, 0.6) is 0 Å². The molecule has 1 amide bonds. The first kappa shape index (κ1) is 18.7. The Kier molecular flexibility index (Phi) is 5.19. The van der Waals surface area contributed by atoms with Crippen LogP contribution in [0.1, 0.15) is 18.1 Å². The van der Waals surface area contributed by atoms with E-state index in [1.165, 1.54) is 11.8 Å². The number of pyridine rings is 1. The first-order valence-electron chi connectivity index (χ1n) is 8.99. The summed E-state index contributed by atoms with van der Waals surface area (Å²) in [5, 5.41) is 3.90. The third kappa shape index (κ3) is 3.68. The van der Waals surface area contributed by atoms with Crippen LogP contribution in [0.4, 0.5) is 5.69 Å². The molecule has 2 heterocycles. The van der Waals surface area contributed by atoms with Crippen molar-refractivity contribution in [1.29, 1.82) is 0 Å². The topological polar surface area (TPSA) is 74.8 Å². The van der Waals surface area contributed by atoms with Crippen LogP contribution < -0.4 is 10.9 Å². The van der Waals surface area contributed by atoms with Crippen LogP contribution >= 0.6 is 23.1 Å². The van der Waals surface area contributed by atoms with Crippen molar-refractivity contribution in [1.82, 2.24) is 9.97 Å². The number of aromatic nitrogens is 2. The van der Waals surface area contributed by atoms with Crippen molar-refractivity contribution < 1.29 is 4.79 Å². The van der Waals surface area contributed by atoms with Gasteiger partial charge < -0.3 is 10.3 Å². The van der Waals surface area contributed by atoms with Crippen molar-refractivity contribution in [3.05, 3.63) is 63.9 Å². The van der Waals surface area contributed by atoms with Crippen LogP contribution in [0.15, 0.2) is 51.6 Å². The number of hydrogen-bond donors (Lipinski definition) is 2. The number of thiazole rings is 1. The van der Waals surface area contributed by atoms with Crippen LogP contribution in [0.2, 0.25) is 0 Å². The van der Waals surface area contributed by atoms with E-state index in [-0.39, 0.29) is 17.2 Å². The van der Waals surface area contributed by atoms with E-state index in [0.717, 1.165) is 36.6 Å². The van der Waals surface area contributed by atoms with Crippen LogP contribution in [-0.4, -0.2) is 21.6 Å². The fourth-order valence-corrected chi connectivity index (χ4v) is 5.11. The van der Waals surface area contributed by atoms with Crippen molar-refractivity contribution in [3.63, 3.8) is 0 Å². The molecular weight excluding hydrogens is 390 g/mol. The Bertz CT molecular complexity index is 1210. The lowest BCUT2D eigenvalue weighted by Crippen LogP contribution is -2.16. The van der Waals surface area contributed by atoms with Crippen molar-refractivity contribution in [3.8, 4) is 0 Å². The molecule has 0 atom stereocenters. The standard InChI is InChI=1S/C21H19N3O2S2/c1-3-14-12(2)15-9-8-13(10-17(15)23-20(14)26)22-19(25)11-27-21-24-16-6-4-5-7-18(16)28-21/h4-10H,3,11H2,1-2H3,(H,22,25)(H,23,26). The van der Waals surface area contributed by atoms with Gasteiger partial charge in [0, 0.05) is 16.6 Å². The van der Waals surface area contributed by atoms with E-state index in [1.807, 2.05) is 56.3 Å². The molecule has 4 rings (SSSR count). The highest BCUT2D eigenvalue weighted by atomic mass is 32.2. The number of H-pyrrole nitrogens is 1. The summed E-state index contributed by atoms with van der Waals surface area (Å²) < 4.78 is 1.99. The van der Waals surface area contributed by atoms with Crippen molar-refractivity contribution in [2.45, 2.75) is 24.6 Å². The van der Waals surface area contributed by atoms with Gasteiger partial charge in [-0.05, 0) is 43.2 Å². The predicted molar refractivity (Wildman–Crippen MR) is 118 cm³/mol. The highest BCUT2D eigenvalue weighted by Gasteiger charge is 2.11. The van der Waals surface area contributed by atoms with E-state index in [4.69, 9.17) is 0 Å². The van der Waals surface area contributed by atoms with Gasteiger partial charge in [0.15, 0.2) is 4.34 Å². The maximum absolute atomic E-state index is 12.3. The maximum Gasteiger partial charge on any atom is 0.251 e. The number of benzene rings is 2. The molecular formula is C21H19N3O2S2. The summed E-state index contributed by atoms with van der Waals surface area (Å²) in [7, 11) is 0. The minimum Gasteiger partial charge on any atom is -0.325 e. The Morgan fingerprint density at radius 1 is 1.25 bits per heavy atom. The molecule has 142 valence electrons. The predicted octanol–water partition coefficient (Wildman–Crippen LogP) is 4.74. The zero-order chi connectivity index (χ0) is 19.7. The molecule has 0 saturated heterocycles. The quantitative estimate of drug-likeness (QED) is 0.467. The van der Waals surface area contributed by atoms with E-state index < -0.39 is 0 Å². The summed E-state index contributed by atoms with van der Waals surface area (Å²) in [6, 6.07) is 13.6. The second-order valence-corrected chi connectivity index (χ2v) is 8.71. The van der Waals surface area contributed by atoms with E-state index in [2.05, 4.69) is 15.3 Å². The number of hydrogen-bond acceptors (Lipinski definition) is 5. The molecule has 5 nitrogen and oxygen atoms in total. The third-order valence-electron chi connectivity index (χ3n) is 4.64. The molecule has 0 aliphatic carbocycles. The number of fused-ring (bicyclic) bond motifs is 2. The molecule has 28 heavy (non-hydrogen) atoms. The molecule has 7 heteroatoms. The van der Waals surface area contributed by atoms with Gasteiger partial charge >= 0.3 is 0 Å². The fourth-order valence-electron chi connectivity index (χ4n) is 3.25. The number of anilines is 1. The van der Waals surface area contributed by atoms with Crippen molar-refractivity contribution in [2.24, 2.45) is 0 Å². The molecule has 0 unspecified atom stereocenters. The number of thioether (sulfide) groups is 1. The van der Waals surface area contributed by atoms with Gasteiger partial charge in [-0.15, -0.1) is 11.3 Å². The van der Waals surface area contributed by atoms with E-state index in [1.54, 1.807) is 11.3 Å². The average Bonchev–Trinajstić information content (AvgIpc) is 3.09. The van der Waals surface area contributed by atoms with Crippen LogP contribution in [0, 0.1) is 6.92 Å². The maximum atomic E-state index is 12.3. The van der Waals surface area contributed by atoms with Crippen molar-refractivity contribution >= 4 is 55.8 Å². The number of aryl methyl sites for hydroxylation is 1. The molecule has 0 spiro atoms. The van der Waals surface area contributed by atoms with Crippen LogP contribution in [-0.2, 0) is 11.2 Å². The van der Waals surface area contributed by atoms with Gasteiger partial charge in [-0.25, -0.2) is 4.98 Å². The van der Waals surface area contributed by atoms with Crippen LogP contribution in [0.25, 0.3) is 21.1 Å². The average molecular weight is 410 g/mol. The molecule has 0 saturated carbocycles. The van der Waals surface area contributed by atoms with Gasteiger partial charge in [-0.2, -0.15) is 0 Å². The zero-order valence-corrected chi connectivity index (χ0v) is 17.2. The summed E-state index contributed by atoms with van der Waals surface area (Å²) in [5.74, 6) is 0.176. The Labute approximate surface area is 170 Å². The molecule has 0 bridgehead atoms. The molecule has 4 aromatic rings. The summed E-state index contributed by atoms with van der Waals surface area (Å²) in [6.07, 6.45) is 0.693. The Morgan fingerprint density at radius 2 is 2.07 bits per heavy atom. The summed E-state index contributed by atoms with van der Waals surface area (Å²) in [5.41, 5.74) is 4.08. The van der Waals surface area contributed by atoms with Gasteiger partial charge in [0.05, 0.1) is 21.5 Å². The van der Waals surface area contributed by atoms with Crippen molar-refractivity contribution in [2.75, 3.05) is 11.1 Å². The highest BCUT2D eigenvalue weighted by Crippen LogP contribution is 2.29. The molecule has 2 aromatic heterocycles. The second kappa shape index (κ2) is 7.77. The lowest BCUT2D eigenvalue weighted by Gasteiger charge is -2.10. The zero-order valence-electron chi connectivity index (χ0n) is 15.5. The minimum absolute atomic E-state index is 0.0673. The van der Waals surface area contributed by atoms with E-state index in [0.29, 0.717) is 12.1 Å². The lowest BCUT2D eigenvalue weighted by molar-refractivity contribution is -0.113. The van der Waals surface area contributed by atoms with Gasteiger partial charge in [0.2, 0.25) is 5.91 Å². The first-order chi connectivity index (χ1) is 13.5. The molecule has 0 radical (unpaired) electrons. The molecule has 0 aliphatic heterocycles. The van der Waals surface area contributed by atoms with E-state index in [9.17, 15) is 9.59 Å². The van der Waals surface area contributed by atoms with Gasteiger partial charge in [0.1, 0.15) is 0 Å². The number of nitrogens with one attached hydrogen (secondary N) is 2. The highest BCUT2D eigenvalue weighted by molar-refractivity contribution is 8.01. The summed E-state index contributed by atoms with van der Waals surface area (Å²) in [4.78, 5) is 32.0. The SMILES string of the molecule is CCc1c(C)c2ccc(NC(=O)CSc3nc4ccccc4s3)cc2[nH]c1=O.